The van der Waals surface area contributed by atoms with Crippen molar-refractivity contribution < 1.29 is 27.5 Å². The fraction of sp³-hybridized carbons (Fsp3) is 0.478. The number of aromatic amines is 1. The van der Waals surface area contributed by atoms with Crippen molar-refractivity contribution in [3.63, 3.8) is 0 Å². The number of aromatic nitrogens is 2. The molecule has 3 rings (SSSR count). The summed E-state index contributed by atoms with van der Waals surface area (Å²) >= 11 is 1.16. The van der Waals surface area contributed by atoms with Crippen LogP contribution in [0.4, 0.5) is 21.8 Å². The minimum atomic E-state index is -3.75. The molecule has 3 N–H and O–H groups in total. The van der Waals surface area contributed by atoms with Gasteiger partial charge in [0.2, 0.25) is 5.95 Å². The number of aliphatic imine (C=N–C) groups is 1. The molecule has 0 radical (unpaired) electrons. The van der Waals surface area contributed by atoms with E-state index in [4.69, 9.17) is 19.5 Å². The van der Waals surface area contributed by atoms with E-state index in [0.717, 1.165) is 31.0 Å². The Hall–Kier alpha value is -2.57. The number of benzene rings is 1. The highest BCUT2D eigenvalue weighted by Gasteiger charge is 2.28. The van der Waals surface area contributed by atoms with Gasteiger partial charge in [-0.2, -0.15) is 4.98 Å². The van der Waals surface area contributed by atoms with Crippen LogP contribution in [-0.2, 0) is 29.8 Å². The van der Waals surface area contributed by atoms with Gasteiger partial charge in [-0.05, 0) is 37.3 Å². The van der Waals surface area contributed by atoms with Gasteiger partial charge in [-0.15, -0.1) is 0 Å². The number of thioether (sulfide) groups is 1. The number of carbonyl (C=O) groups is 1. The van der Waals surface area contributed by atoms with Gasteiger partial charge in [-0.3, -0.25) is 24.1 Å². The van der Waals surface area contributed by atoms with E-state index in [-0.39, 0.29) is 61.2 Å². The summed E-state index contributed by atoms with van der Waals surface area (Å²) in [5.74, 6) is 0.137. The highest BCUT2D eigenvalue weighted by atomic mass is 32.2. The van der Waals surface area contributed by atoms with E-state index in [0.29, 0.717) is 11.3 Å². The predicted octanol–water partition coefficient (Wildman–Crippen LogP) is 3.72. The summed E-state index contributed by atoms with van der Waals surface area (Å²) in [6.45, 7) is 3.59. The molecule has 1 aliphatic rings. The number of H-pyrrole nitrogens is 1. The molecule has 1 aliphatic carbocycles. The maximum atomic E-state index is 13.5. The summed E-state index contributed by atoms with van der Waals surface area (Å²) in [6, 6.07) is 5.74. The van der Waals surface area contributed by atoms with Gasteiger partial charge in [-0.1, -0.05) is 30.3 Å². The Labute approximate surface area is 218 Å². The van der Waals surface area contributed by atoms with Crippen LogP contribution in [0.15, 0.2) is 34.1 Å². The Morgan fingerprint density at radius 1 is 1.38 bits per heavy atom. The largest absolute Gasteiger partial charge is 0.369 e. The Kier molecular flexibility index (Phi) is 10.8. The third kappa shape index (κ3) is 8.75. The number of nitrogen functional groups attached to an aromatic ring is 1. The third-order valence-corrected chi connectivity index (χ3v) is 8.19. The number of nitrogens with one attached hydrogen (secondary N) is 1. The van der Waals surface area contributed by atoms with Crippen LogP contribution in [0.3, 0.4) is 0 Å². The van der Waals surface area contributed by atoms with E-state index in [9.17, 15) is 18.5 Å². The molecule has 1 unspecified atom stereocenters. The molecule has 1 aromatic heterocycles. The van der Waals surface area contributed by atoms with Gasteiger partial charge in [0, 0.05) is 25.3 Å². The second kappa shape index (κ2) is 13.8. The van der Waals surface area contributed by atoms with Crippen LogP contribution < -0.4 is 16.2 Å². The number of ether oxygens (including phenoxy) is 1. The minimum Gasteiger partial charge on any atom is -0.369 e. The van der Waals surface area contributed by atoms with Gasteiger partial charge in [0.1, 0.15) is 12.2 Å². The number of carbonyl (C=O) groups excluding carboxylic acids is 1. The van der Waals surface area contributed by atoms with Crippen molar-refractivity contribution in [2.24, 2.45) is 10.9 Å². The van der Waals surface area contributed by atoms with Crippen molar-refractivity contribution in [2.45, 2.75) is 25.9 Å². The van der Waals surface area contributed by atoms with E-state index >= 15 is 0 Å². The van der Waals surface area contributed by atoms with E-state index in [2.05, 4.69) is 21.7 Å². The molecule has 2 aromatic rings. The SMILES string of the molecule is C=Nc1c(N(C)CCOCP(=O)(OCCSC(=O)C2CCC2)OCc2cccc(F)c2)nc(N)[nH]c1=O. The summed E-state index contributed by atoms with van der Waals surface area (Å²) in [7, 11) is -2.09. The van der Waals surface area contributed by atoms with E-state index in [1.54, 1.807) is 18.0 Å². The number of hydrogen-bond donors (Lipinski definition) is 2. The molecule has 0 spiro atoms. The van der Waals surface area contributed by atoms with Crippen LogP contribution in [0.25, 0.3) is 0 Å². The Bertz CT molecular complexity index is 1190. The van der Waals surface area contributed by atoms with Gasteiger partial charge < -0.3 is 24.4 Å². The molecular formula is C23H31FN5O6PS. The summed E-state index contributed by atoms with van der Waals surface area (Å²) in [4.78, 5) is 35.8. The van der Waals surface area contributed by atoms with Crippen LogP contribution >= 0.6 is 19.4 Å². The fourth-order valence-corrected chi connectivity index (χ4v) is 5.61. The Balaban J connectivity index is 1.54. The van der Waals surface area contributed by atoms with Crippen molar-refractivity contribution in [3.05, 3.63) is 46.0 Å². The molecule has 37 heavy (non-hydrogen) atoms. The molecule has 1 atom stereocenters. The maximum Gasteiger partial charge on any atom is 0.356 e. The summed E-state index contributed by atoms with van der Waals surface area (Å²) in [6.07, 6.45) is 2.52. The first kappa shape index (κ1) is 29.0. The topological polar surface area (TPSA) is 149 Å². The highest BCUT2D eigenvalue weighted by molar-refractivity contribution is 8.13. The number of nitrogens with two attached hydrogens (primary N) is 1. The fourth-order valence-electron chi connectivity index (χ4n) is 3.36. The number of hydrogen-bond acceptors (Lipinski definition) is 11. The van der Waals surface area contributed by atoms with Crippen molar-refractivity contribution in [2.75, 3.05) is 49.5 Å². The number of halogens is 1. The van der Waals surface area contributed by atoms with Crippen molar-refractivity contribution in [1.29, 1.82) is 0 Å². The van der Waals surface area contributed by atoms with E-state index in [1.807, 2.05) is 0 Å². The molecule has 11 nitrogen and oxygen atoms in total. The molecular weight excluding hydrogens is 524 g/mol. The van der Waals surface area contributed by atoms with Crippen LogP contribution in [0.1, 0.15) is 24.8 Å². The van der Waals surface area contributed by atoms with Crippen LogP contribution in [0.5, 0.6) is 0 Å². The third-order valence-electron chi connectivity index (χ3n) is 5.61. The van der Waals surface area contributed by atoms with Gasteiger partial charge in [0.25, 0.3) is 5.56 Å². The second-order valence-corrected chi connectivity index (χ2v) is 11.5. The molecule has 0 aliphatic heterocycles. The zero-order chi connectivity index (χ0) is 26.8. The monoisotopic (exact) mass is 555 g/mol. The average molecular weight is 556 g/mol. The lowest BCUT2D eigenvalue weighted by atomic mass is 9.87. The first-order valence-corrected chi connectivity index (χ1v) is 14.4. The maximum absolute atomic E-state index is 13.5. The van der Waals surface area contributed by atoms with Crippen molar-refractivity contribution >= 4 is 48.6 Å². The van der Waals surface area contributed by atoms with E-state index < -0.39 is 19.0 Å². The van der Waals surface area contributed by atoms with Crippen molar-refractivity contribution in [3.8, 4) is 0 Å². The van der Waals surface area contributed by atoms with Crippen LogP contribution in [0, 0.1) is 11.7 Å². The molecule has 0 amide bonds. The quantitative estimate of drug-likeness (QED) is 0.189. The Morgan fingerprint density at radius 2 is 2.16 bits per heavy atom. The van der Waals surface area contributed by atoms with Crippen LogP contribution in [-0.4, -0.2) is 60.7 Å². The average Bonchev–Trinajstić information content (AvgIpc) is 2.82. The van der Waals surface area contributed by atoms with Gasteiger partial charge in [0.05, 0.1) is 19.8 Å². The molecule has 1 saturated carbocycles. The number of nitrogens with zero attached hydrogens (tertiary/aromatic N) is 3. The van der Waals surface area contributed by atoms with Crippen LogP contribution in [0.2, 0.25) is 0 Å². The highest BCUT2D eigenvalue weighted by Crippen LogP contribution is 2.49. The summed E-state index contributed by atoms with van der Waals surface area (Å²) in [5.41, 5.74) is 5.60. The smallest absolute Gasteiger partial charge is 0.356 e. The second-order valence-electron chi connectivity index (χ2n) is 8.38. The first-order valence-electron chi connectivity index (χ1n) is 11.7. The summed E-state index contributed by atoms with van der Waals surface area (Å²) < 4.78 is 43.6. The lowest BCUT2D eigenvalue weighted by Crippen LogP contribution is -2.26. The zero-order valence-corrected chi connectivity index (χ0v) is 22.3. The first-order chi connectivity index (χ1) is 17.7. The molecule has 1 fully saturated rings. The lowest BCUT2D eigenvalue weighted by Gasteiger charge is -2.23. The predicted molar refractivity (Wildman–Crippen MR) is 142 cm³/mol. The Morgan fingerprint density at radius 3 is 2.84 bits per heavy atom. The standard InChI is InChI=1S/C23H31FN5O6PS/c1-26-19-20(27-23(25)28-21(19)30)29(2)9-10-33-15-36(32,35-14-16-5-3-8-18(24)13-16)34-11-12-37-22(31)17-6-4-7-17/h3,5,8,13,17H,1,4,6-7,9-12,14-15H2,2H3,(H3,25,27,28,30). The van der Waals surface area contributed by atoms with Gasteiger partial charge in [-0.25, -0.2) is 4.39 Å². The zero-order valence-electron chi connectivity index (χ0n) is 20.6. The van der Waals surface area contributed by atoms with Gasteiger partial charge in [0.15, 0.2) is 16.6 Å². The number of likely N-dealkylation sites (N-methyl/N-ethyl adjacent to an activating group) is 1. The molecule has 0 saturated heterocycles. The molecule has 1 aromatic carbocycles. The molecule has 202 valence electrons. The lowest BCUT2D eigenvalue weighted by molar-refractivity contribution is -0.116. The molecule has 14 heteroatoms. The summed E-state index contributed by atoms with van der Waals surface area (Å²) in [5, 5.41) is 0.118. The number of anilines is 2. The van der Waals surface area contributed by atoms with Crippen molar-refractivity contribution in [1.82, 2.24) is 9.97 Å². The molecule has 0 bridgehead atoms. The normalized spacial score (nSPS) is 15.1. The minimum absolute atomic E-state index is 0.0121. The molecule has 1 heterocycles. The van der Waals surface area contributed by atoms with E-state index in [1.165, 1.54) is 18.2 Å². The van der Waals surface area contributed by atoms with Gasteiger partial charge >= 0.3 is 7.60 Å². The number of rotatable bonds is 15.